The molecule has 5 atom stereocenters. The quantitative estimate of drug-likeness (QED) is 0.226. The van der Waals surface area contributed by atoms with Gasteiger partial charge in [-0.05, 0) is 6.08 Å². The van der Waals surface area contributed by atoms with Gasteiger partial charge in [-0.3, -0.25) is 10.2 Å². The van der Waals surface area contributed by atoms with Gasteiger partial charge in [0, 0.05) is 0 Å². The standard InChI is InChI=1S/C9H16N2O6/c1-2-5(13)10-11-6-8(15)7(14)4(3-12)17-9(6)16/h2,4,6-9,11-12,14-16H,1,3H2,(H,10,13)/t4-,6-,7-,8-,9?/m1/s1/i/hD. The molecule has 1 rings (SSSR count). The number of carbonyl (C=O) groups excluding carboxylic acids is 1. The molecule has 6 N–H and O–H groups in total. The first-order valence-electron chi connectivity index (χ1n) is 5.39. The number of carbonyl (C=O) groups is 1. The third kappa shape index (κ3) is 3.22. The monoisotopic (exact) mass is 249 g/mol. The third-order valence-electron chi connectivity index (χ3n) is 2.40. The van der Waals surface area contributed by atoms with Crippen LogP contribution in [0.5, 0.6) is 0 Å². The van der Waals surface area contributed by atoms with Crippen molar-refractivity contribution >= 4 is 5.91 Å². The third-order valence-corrected chi connectivity index (χ3v) is 2.40. The normalized spacial score (nSPS) is 38.4. The summed E-state index contributed by atoms with van der Waals surface area (Å²) in [5.74, 6) is -0.812. The van der Waals surface area contributed by atoms with E-state index in [2.05, 4.69) is 12.0 Å². The number of aliphatic hydroxyl groups excluding tert-OH is 4. The van der Waals surface area contributed by atoms with Gasteiger partial charge in [0.2, 0.25) is 0 Å². The Morgan fingerprint density at radius 3 is 2.65 bits per heavy atom. The van der Waals surface area contributed by atoms with Gasteiger partial charge in [-0.25, -0.2) is 5.43 Å². The van der Waals surface area contributed by atoms with E-state index in [1.807, 2.05) is 0 Å². The van der Waals surface area contributed by atoms with Crippen molar-refractivity contribution in [2.45, 2.75) is 30.6 Å². The van der Waals surface area contributed by atoms with E-state index in [0.717, 1.165) is 6.08 Å². The van der Waals surface area contributed by atoms with Crippen LogP contribution in [0.15, 0.2) is 12.7 Å². The van der Waals surface area contributed by atoms with Gasteiger partial charge < -0.3 is 25.2 Å². The summed E-state index contributed by atoms with van der Waals surface area (Å²) in [5.41, 5.74) is 2.41. The van der Waals surface area contributed by atoms with Crippen molar-refractivity contribution in [3.8, 4) is 0 Å². The van der Waals surface area contributed by atoms with E-state index in [9.17, 15) is 20.1 Å². The van der Waals surface area contributed by atoms with E-state index >= 15 is 0 Å². The van der Waals surface area contributed by atoms with Crippen molar-refractivity contribution in [1.82, 2.24) is 10.8 Å². The Balaban J connectivity index is 2.70. The van der Waals surface area contributed by atoms with Crippen LogP contribution in [-0.2, 0) is 9.53 Å². The number of nitrogens with one attached hydrogen (secondary N) is 2. The number of aliphatic hydroxyl groups is 4. The van der Waals surface area contributed by atoms with Crippen molar-refractivity contribution in [3.05, 3.63) is 12.7 Å². The van der Waals surface area contributed by atoms with Gasteiger partial charge in [0.05, 0.1) is 6.61 Å². The number of ether oxygens (including phenoxy) is 1. The summed E-state index contributed by atoms with van der Waals surface area (Å²) in [4.78, 5) is 11.1. The average Bonchev–Trinajstić information content (AvgIpc) is 2.37. The van der Waals surface area contributed by atoms with Crippen LogP contribution in [-0.4, -0.2) is 63.6 Å². The van der Waals surface area contributed by atoms with Gasteiger partial charge >= 0.3 is 0 Å². The lowest BCUT2D eigenvalue weighted by molar-refractivity contribution is -0.255. The van der Waals surface area contributed by atoms with E-state index in [-0.39, 0.29) is 5.42 Å². The Hall–Kier alpha value is -1.03. The van der Waals surface area contributed by atoms with E-state index < -0.39 is 43.2 Å². The SMILES string of the molecule is [2H]N(N[C@H]1C(O)O[C@H](CO)[C@@H](O)[C@@H]1O)C(=O)C=C. The molecule has 1 aliphatic rings. The first-order valence-corrected chi connectivity index (χ1v) is 4.94. The van der Waals surface area contributed by atoms with Crippen LogP contribution in [0, 0.1) is 0 Å². The smallest absolute Gasteiger partial charge is 0.257 e. The molecule has 1 amide bonds. The molecule has 1 aliphatic heterocycles. The molecular weight excluding hydrogens is 232 g/mol. The molecule has 8 nitrogen and oxygen atoms in total. The van der Waals surface area contributed by atoms with Gasteiger partial charge in [-0.15, -0.1) is 0 Å². The number of amides is 1. The van der Waals surface area contributed by atoms with Crippen molar-refractivity contribution in [1.29, 1.82) is 0 Å². The fraction of sp³-hybridized carbons (Fsp3) is 0.667. The second-order valence-corrected chi connectivity index (χ2v) is 3.54. The lowest BCUT2D eigenvalue weighted by Gasteiger charge is -2.40. The molecule has 0 radical (unpaired) electrons. The number of rotatable bonds is 4. The van der Waals surface area contributed by atoms with Crippen LogP contribution in [0.3, 0.4) is 0 Å². The second kappa shape index (κ2) is 6.05. The molecule has 98 valence electrons. The maximum atomic E-state index is 11.1. The van der Waals surface area contributed by atoms with Gasteiger partial charge in [0.1, 0.15) is 24.4 Å². The summed E-state index contributed by atoms with van der Waals surface area (Å²) >= 11 is 0. The molecule has 0 aromatic rings. The van der Waals surface area contributed by atoms with Crippen molar-refractivity contribution in [2.75, 3.05) is 6.61 Å². The predicted octanol–water partition coefficient (Wildman–Crippen LogP) is -3.41. The molecule has 0 aromatic heterocycles. The van der Waals surface area contributed by atoms with Gasteiger partial charge in [-0.1, -0.05) is 6.58 Å². The lowest BCUT2D eigenvalue weighted by atomic mass is 9.98. The highest BCUT2D eigenvalue weighted by atomic mass is 16.6. The molecule has 0 saturated carbocycles. The molecule has 0 spiro atoms. The lowest BCUT2D eigenvalue weighted by Crippen LogP contribution is -2.65. The zero-order chi connectivity index (χ0) is 13.9. The fourth-order valence-electron chi connectivity index (χ4n) is 1.42. The Labute approximate surface area is 98.9 Å². The summed E-state index contributed by atoms with van der Waals surface area (Å²) in [6.07, 6.45) is -4.84. The molecule has 0 aromatic carbocycles. The minimum atomic E-state index is -1.59. The molecular formula is C9H16N2O6. The summed E-state index contributed by atoms with van der Waals surface area (Å²) in [6, 6.07) is -1.29. The van der Waals surface area contributed by atoms with E-state index in [1.54, 1.807) is 0 Å². The van der Waals surface area contributed by atoms with Gasteiger partial charge in [-0.2, -0.15) is 0 Å². The Morgan fingerprint density at radius 1 is 1.47 bits per heavy atom. The van der Waals surface area contributed by atoms with Crippen LogP contribution >= 0.6 is 0 Å². The zero-order valence-electron chi connectivity index (χ0n) is 9.93. The van der Waals surface area contributed by atoms with E-state index in [4.69, 9.17) is 11.3 Å². The minimum absolute atomic E-state index is 0.249. The van der Waals surface area contributed by atoms with Crippen molar-refractivity contribution in [2.24, 2.45) is 0 Å². The van der Waals surface area contributed by atoms with Crippen molar-refractivity contribution in [3.63, 3.8) is 0 Å². The molecule has 1 fully saturated rings. The topological polar surface area (TPSA) is 131 Å². The Bertz CT molecular complexity index is 317. The van der Waals surface area contributed by atoms with Crippen LogP contribution in [0.25, 0.3) is 0 Å². The van der Waals surface area contributed by atoms with E-state index in [1.165, 1.54) is 0 Å². The maximum absolute atomic E-state index is 11.1. The molecule has 17 heavy (non-hydrogen) atoms. The number of hydrogen-bond acceptors (Lipinski definition) is 7. The van der Waals surface area contributed by atoms with E-state index in [0.29, 0.717) is 0 Å². The zero-order valence-corrected chi connectivity index (χ0v) is 8.93. The van der Waals surface area contributed by atoms with Crippen LogP contribution in [0.2, 0.25) is 1.41 Å². The first-order chi connectivity index (χ1) is 8.42. The molecule has 8 heteroatoms. The van der Waals surface area contributed by atoms with Gasteiger partial charge in [0.25, 0.3) is 5.91 Å². The number of hydrogen-bond donors (Lipinski definition) is 6. The highest BCUT2D eigenvalue weighted by molar-refractivity contribution is 5.86. The fourth-order valence-corrected chi connectivity index (χ4v) is 1.42. The minimum Gasteiger partial charge on any atom is -0.394 e. The predicted molar refractivity (Wildman–Crippen MR) is 55.2 cm³/mol. The van der Waals surface area contributed by atoms with Gasteiger partial charge in [0.15, 0.2) is 7.70 Å². The van der Waals surface area contributed by atoms with Crippen LogP contribution < -0.4 is 10.8 Å². The molecule has 0 bridgehead atoms. The summed E-state index contributed by atoms with van der Waals surface area (Å²) < 4.78 is 12.1. The molecule has 1 saturated heterocycles. The second-order valence-electron chi connectivity index (χ2n) is 3.54. The molecule has 0 aliphatic carbocycles. The summed E-state index contributed by atoms with van der Waals surface area (Å²) in [6.45, 7) is 2.58. The first kappa shape index (κ1) is 12.4. The number of hydrazine groups is 1. The Morgan fingerprint density at radius 2 is 2.12 bits per heavy atom. The largest absolute Gasteiger partial charge is 0.394 e. The average molecular weight is 249 g/mol. The molecule has 1 heterocycles. The van der Waals surface area contributed by atoms with Crippen LogP contribution in [0.4, 0.5) is 0 Å². The summed E-state index contributed by atoms with van der Waals surface area (Å²) in [7, 11) is 0. The highest BCUT2D eigenvalue weighted by Crippen LogP contribution is 2.19. The maximum Gasteiger partial charge on any atom is 0.257 e. The molecule has 1 unspecified atom stereocenters. The van der Waals surface area contributed by atoms with Crippen LogP contribution in [0.1, 0.15) is 0 Å². The van der Waals surface area contributed by atoms with Crippen molar-refractivity contribution < 1.29 is 31.4 Å². The highest BCUT2D eigenvalue weighted by Gasteiger charge is 2.43. The summed E-state index contributed by atoms with van der Waals surface area (Å²) in [5, 5.41) is 37.7. The Kier molecular flexibility index (Phi) is 4.42.